The van der Waals surface area contributed by atoms with Crippen molar-refractivity contribution < 1.29 is 4.42 Å². The number of aryl methyl sites for hydroxylation is 1. The Morgan fingerprint density at radius 3 is 3.00 bits per heavy atom. The van der Waals surface area contributed by atoms with Crippen LogP contribution in [0.4, 0.5) is 0 Å². The summed E-state index contributed by atoms with van der Waals surface area (Å²) < 4.78 is 9.85. The Balaban J connectivity index is 1.29. The van der Waals surface area contributed by atoms with Crippen molar-refractivity contribution in [1.29, 1.82) is 0 Å². The van der Waals surface area contributed by atoms with Gasteiger partial charge < -0.3 is 13.6 Å². The van der Waals surface area contributed by atoms with Crippen LogP contribution in [0.5, 0.6) is 0 Å². The third kappa shape index (κ3) is 3.23. The molecular weight excluding hydrogens is 362 g/mol. The number of hydrogen-bond donors (Lipinski definition) is 0. The SMILES string of the molecule is Cn1cnnc1Sc1ccc(CN2C[C@H]3C[C@@H](C2)c2cccc(=O)n2C3)o1. The van der Waals surface area contributed by atoms with E-state index < -0.39 is 0 Å². The Kier molecular flexibility index (Phi) is 4.17. The van der Waals surface area contributed by atoms with Gasteiger partial charge in [0.2, 0.25) is 0 Å². The maximum Gasteiger partial charge on any atom is 0.250 e. The van der Waals surface area contributed by atoms with Crippen LogP contribution in [0.25, 0.3) is 0 Å². The molecule has 2 aliphatic rings. The molecule has 3 aromatic rings. The van der Waals surface area contributed by atoms with Crippen molar-refractivity contribution in [3.8, 4) is 0 Å². The van der Waals surface area contributed by atoms with Gasteiger partial charge in [0, 0.05) is 44.4 Å². The number of fused-ring (bicyclic) bond motifs is 4. The fourth-order valence-corrected chi connectivity index (χ4v) is 5.04. The number of nitrogens with zero attached hydrogens (tertiary/aromatic N) is 5. The van der Waals surface area contributed by atoms with E-state index in [0.717, 1.165) is 42.2 Å². The quantitative estimate of drug-likeness (QED) is 0.689. The Hall–Kier alpha value is -2.32. The average molecular weight is 383 g/mol. The van der Waals surface area contributed by atoms with E-state index in [1.54, 1.807) is 12.4 Å². The van der Waals surface area contributed by atoms with Crippen molar-refractivity contribution in [2.24, 2.45) is 13.0 Å². The van der Waals surface area contributed by atoms with Gasteiger partial charge in [0.15, 0.2) is 10.2 Å². The summed E-state index contributed by atoms with van der Waals surface area (Å²) in [5.41, 5.74) is 1.31. The molecule has 0 aromatic carbocycles. The van der Waals surface area contributed by atoms with Crippen LogP contribution in [-0.4, -0.2) is 37.3 Å². The van der Waals surface area contributed by atoms with Gasteiger partial charge >= 0.3 is 0 Å². The van der Waals surface area contributed by atoms with Gasteiger partial charge in [-0.25, -0.2) is 0 Å². The number of rotatable bonds is 4. The van der Waals surface area contributed by atoms with Crippen LogP contribution in [0, 0.1) is 5.92 Å². The monoisotopic (exact) mass is 383 g/mol. The van der Waals surface area contributed by atoms with Crippen molar-refractivity contribution in [2.75, 3.05) is 13.1 Å². The van der Waals surface area contributed by atoms with Gasteiger partial charge in [-0.3, -0.25) is 9.69 Å². The molecule has 0 aliphatic carbocycles. The second kappa shape index (κ2) is 6.69. The average Bonchev–Trinajstić information content (AvgIpc) is 3.25. The lowest BCUT2D eigenvalue weighted by atomic mass is 9.83. The first-order valence-corrected chi connectivity index (χ1v) is 10.00. The first-order valence-electron chi connectivity index (χ1n) is 9.18. The lowest BCUT2D eigenvalue weighted by Crippen LogP contribution is -2.46. The standard InChI is InChI=1S/C19H21N5O2S/c1-22-12-20-21-19(22)27-18-6-5-15(26-18)11-23-8-13-7-14(10-23)16-3-2-4-17(25)24(16)9-13/h2-6,12-14H,7-11H2,1H3/t13-,14+/m1/s1. The molecule has 27 heavy (non-hydrogen) atoms. The van der Waals surface area contributed by atoms with E-state index >= 15 is 0 Å². The van der Waals surface area contributed by atoms with E-state index in [9.17, 15) is 4.79 Å². The summed E-state index contributed by atoms with van der Waals surface area (Å²) in [7, 11) is 1.92. The normalized spacial score (nSPS) is 22.0. The van der Waals surface area contributed by atoms with E-state index in [1.807, 2.05) is 34.4 Å². The highest BCUT2D eigenvalue weighted by atomic mass is 32.2. The van der Waals surface area contributed by atoms with Crippen LogP contribution in [-0.2, 0) is 20.1 Å². The van der Waals surface area contributed by atoms with E-state index in [0.29, 0.717) is 11.8 Å². The van der Waals surface area contributed by atoms with Gasteiger partial charge in [-0.05, 0) is 42.3 Å². The maximum atomic E-state index is 12.1. The highest BCUT2D eigenvalue weighted by Gasteiger charge is 2.34. The summed E-state index contributed by atoms with van der Waals surface area (Å²) in [6, 6.07) is 9.70. The van der Waals surface area contributed by atoms with Crippen LogP contribution < -0.4 is 5.56 Å². The van der Waals surface area contributed by atoms with E-state index in [4.69, 9.17) is 4.42 Å². The van der Waals surface area contributed by atoms with Gasteiger partial charge in [-0.15, -0.1) is 10.2 Å². The van der Waals surface area contributed by atoms with Crippen molar-refractivity contribution in [2.45, 2.75) is 35.7 Å². The summed E-state index contributed by atoms with van der Waals surface area (Å²) in [6.45, 7) is 3.59. The minimum absolute atomic E-state index is 0.132. The molecule has 5 rings (SSSR count). The first-order chi connectivity index (χ1) is 13.2. The molecule has 8 heteroatoms. The van der Waals surface area contributed by atoms with Crippen LogP contribution >= 0.6 is 11.8 Å². The third-order valence-corrected chi connectivity index (χ3v) is 6.41. The predicted molar refractivity (Wildman–Crippen MR) is 101 cm³/mol. The molecule has 0 spiro atoms. The van der Waals surface area contributed by atoms with Gasteiger partial charge in [-0.2, -0.15) is 0 Å². The molecule has 140 valence electrons. The Morgan fingerprint density at radius 2 is 2.15 bits per heavy atom. The zero-order valence-electron chi connectivity index (χ0n) is 15.1. The molecule has 0 saturated carbocycles. The van der Waals surface area contributed by atoms with Crippen molar-refractivity contribution in [3.05, 3.63) is 58.5 Å². The molecule has 0 amide bonds. The molecule has 1 fully saturated rings. The van der Waals surface area contributed by atoms with E-state index in [1.165, 1.54) is 23.9 Å². The second-order valence-corrected chi connectivity index (χ2v) is 8.41. The summed E-state index contributed by atoms with van der Waals surface area (Å²) >= 11 is 1.48. The number of likely N-dealkylation sites (tertiary alicyclic amines) is 1. The molecule has 5 heterocycles. The molecule has 2 bridgehead atoms. The van der Waals surface area contributed by atoms with Crippen molar-refractivity contribution in [1.82, 2.24) is 24.2 Å². The number of pyridine rings is 1. The molecule has 0 unspecified atom stereocenters. The smallest absolute Gasteiger partial charge is 0.250 e. The first kappa shape index (κ1) is 16.8. The summed E-state index contributed by atoms with van der Waals surface area (Å²) in [5, 5.41) is 9.61. The lowest BCUT2D eigenvalue weighted by Gasteiger charge is -2.42. The fourth-order valence-electron chi connectivity index (χ4n) is 4.30. The second-order valence-electron chi connectivity index (χ2n) is 7.44. The summed E-state index contributed by atoms with van der Waals surface area (Å²) in [5.74, 6) is 1.91. The van der Waals surface area contributed by atoms with Crippen molar-refractivity contribution in [3.63, 3.8) is 0 Å². The third-order valence-electron chi connectivity index (χ3n) is 5.43. The van der Waals surface area contributed by atoms with E-state index in [-0.39, 0.29) is 5.56 Å². The van der Waals surface area contributed by atoms with Gasteiger partial charge in [0.1, 0.15) is 12.1 Å². The molecule has 7 nitrogen and oxygen atoms in total. The maximum absolute atomic E-state index is 12.1. The van der Waals surface area contributed by atoms with Gasteiger partial charge in [0.05, 0.1) is 6.54 Å². The molecule has 2 atom stereocenters. The highest BCUT2D eigenvalue weighted by Crippen LogP contribution is 2.36. The number of piperidine rings is 1. The molecule has 3 aromatic heterocycles. The van der Waals surface area contributed by atoms with Crippen molar-refractivity contribution >= 4 is 11.8 Å². The van der Waals surface area contributed by atoms with Crippen LogP contribution in [0.15, 0.2) is 56.1 Å². The summed E-state index contributed by atoms with van der Waals surface area (Å²) in [6.07, 6.45) is 2.85. The number of aromatic nitrogens is 4. The Morgan fingerprint density at radius 1 is 1.22 bits per heavy atom. The van der Waals surface area contributed by atoms with Gasteiger partial charge in [-0.1, -0.05) is 6.07 Å². The minimum atomic E-state index is 0.132. The van der Waals surface area contributed by atoms with Gasteiger partial charge in [0.25, 0.3) is 5.56 Å². The molecule has 0 N–H and O–H groups in total. The Labute approximate surface area is 161 Å². The topological polar surface area (TPSA) is 69.1 Å². The van der Waals surface area contributed by atoms with E-state index in [2.05, 4.69) is 21.2 Å². The minimum Gasteiger partial charge on any atom is -0.453 e. The predicted octanol–water partition coefficient (Wildman–Crippen LogP) is 2.34. The van der Waals surface area contributed by atoms with Crippen LogP contribution in [0.2, 0.25) is 0 Å². The summed E-state index contributed by atoms with van der Waals surface area (Å²) in [4.78, 5) is 14.6. The number of hydrogen-bond acceptors (Lipinski definition) is 6. The van der Waals surface area contributed by atoms with Crippen LogP contribution in [0.1, 0.15) is 23.8 Å². The largest absolute Gasteiger partial charge is 0.453 e. The highest BCUT2D eigenvalue weighted by molar-refractivity contribution is 7.99. The fraction of sp³-hybridized carbons (Fsp3) is 0.421. The molecular formula is C19H21N5O2S. The lowest BCUT2D eigenvalue weighted by molar-refractivity contribution is 0.106. The van der Waals surface area contributed by atoms with Crippen LogP contribution in [0.3, 0.4) is 0 Å². The zero-order valence-corrected chi connectivity index (χ0v) is 15.9. The zero-order chi connectivity index (χ0) is 18.4. The number of furan rings is 1. The Bertz CT molecular complexity index is 1020. The molecule has 1 saturated heterocycles. The molecule has 2 aliphatic heterocycles. The molecule has 0 radical (unpaired) electrons.